The fourth-order valence-corrected chi connectivity index (χ4v) is 2.29. The van der Waals surface area contributed by atoms with Crippen molar-refractivity contribution in [1.29, 1.82) is 0 Å². The molecule has 2 heterocycles. The van der Waals surface area contributed by atoms with Crippen molar-refractivity contribution in [3.63, 3.8) is 0 Å². The predicted molar refractivity (Wildman–Crippen MR) is 89.9 cm³/mol. The van der Waals surface area contributed by atoms with Gasteiger partial charge in [0.25, 0.3) is 0 Å². The number of nitrogens with one attached hydrogen (secondary N) is 1. The Morgan fingerprint density at radius 1 is 1.12 bits per heavy atom. The van der Waals surface area contributed by atoms with Gasteiger partial charge in [0.1, 0.15) is 5.82 Å². The SMILES string of the molecule is O=C(CCn1ccc([N+](=O)[O-])n1)Nc1ccn(Cc2ccc(F)cc2)n1. The van der Waals surface area contributed by atoms with E-state index in [0.29, 0.717) is 12.4 Å². The Hall–Kier alpha value is -3.56. The first-order chi connectivity index (χ1) is 12.5. The lowest BCUT2D eigenvalue weighted by molar-refractivity contribution is -0.389. The molecular formula is C16H15FN6O3. The minimum absolute atomic E-state index is 0.101. The van der Waals surface area contributed by atoms with Crippen LogP contribution < -0.4 is 5.32 Å². The number of carbonyl (C=O) groups is 1. The molecule has 0 aliphatic heterocycles. The number of carbonyl (C=O) groups excluding carboxylic acids is 1. The van der Waals surface area contributed by atoms with E-state index in [1.54, 1.807) is 29.1 Å². The van der Waals surface area contributed by atoms with Crippen molar-refractivity contribution in [2.24, 2.45) is 0 Å². The summed E-state index contributed by atoms with van der Waals surface area (Å²) >= 11 is 0. The first-order valence-corrected chi connectivity index (χ1v) is 7.75. The molecule has 1 aromatic carbocycles. The van der Waals surface area contributed by atoms with E-state index in [0.717, 1.165) is 5.56 Å². The molecule has 0 saturated carbocycles. The lowest BCUT2D eigenvalue weighted by Gasteiger charge is -2.03. The Bertz CT molecular complexity index is 918. The fourth-order valence-electron chi connectivity index (χ4n) is 2.29. The van der Waals surface area contributed by atoms with Crippen LogP contribution in [0.2, 0.25) is 0 Å². The molecule has 2 aromatic heterocycles. The van der Waals surface area contributed by atoms with Crippen molar-refractivity contribution >= 4 is 17.5 Å². The van der Waals surface area contributed by atoms with Gasteiger partial charge in [-0.1, -0.05) is 12.1 Å². The van der Waals surface area contributed by atoms with E-state index in [1.807, 2.05) is 0 Å². The molecule has 3 rings (SSSR count). The quantitative estimate of drug-likeness (QED) is 0.514. The van der Waals surface area contributed by atoms with Crippen LogP contribution in [0.1, 0.15) is 12.0 Å². The second kappa shape index (κ2) is 7.55. The van der Waals surface area contributed by atoms with Crippen LogP contribution in [0.15, 0.2) is 48.8 Å². The van der Waals surface area contributed by atoms with Crippen molar-refractivity contribution in [3.8, 4) is 0 Å². The van der Waals surface area contributed by atoms with Crippen LogP contribution >= 0.6 is 0 Å². The third-order valence-corrected chi connectivity index (χ3v) is 3.55. The Morgan fingerprint density at radius 3 is 2.54 bits per heavy atom. The maximum atomic E-state index is 12.9. The van der Waals surface area contributed by atoms with E-state index >= 15 is 0 Å². The first kappa shape index (κ1) is 17.3. The molecule has 3 aromatic rings. The van der Waals surface area contributed by atoms with Gasteiger partial charge in [0.15, 0.2) is 5.82 Å². The normalized spacial score (nSPS) is 10.7. The molecule has 0 unspecified atom stereocenters. The summed E-state index contributed by atoms with van der Waals surface area (Å²) in [5.41, 5.74) is 0.882. The standard InChI is InChI=1S/C16H15FN6O3/c17-13-3-1-12(2-4-13)11-22-8-5-14(19-22)18-16(24)7-10-21-9-6-15(20-21)23(25)26/h1-6,8-9H,7,10-11H2,(H,18,19,24). The molecule has 9 nitrogen and oxygen atoms in total. The largest absolute Gasteiger partial charge is 0.389 e. The van der Waals surface area contributed by atoms with Gasteiger partial charge in [-0.05, 0) is 22.6 Å². The van der Waals surface area contributed by atoms with E-state index in [2.05, 4.69) is 15.5 Å². The molecular weight excluding hydrogens is 343 g/mol. The van der Waals surface area contributed by atoms with E-state index in [9.17, 15) is 19.3 Å². The third kappa shape index (κ3) is 4.50. The minimum Gasteiger partial charge on any atom is -0.358 e. The lowest BCUT2D eigenvalue weighted by atomic mass is 10.2. The topological polar surface area (TPSA) is 108 Å². The summed E-state index contributed by atoms with van der Waals surface area (Å²) < 4.78 is 15.9. The smallest absolute Gasteiger partial charge is 0.358 e. The third-order valence-electron chi connectivity index (χ3n) is 3.55. The highest BCUT2D eigenvalue weighted by Gasteiger charge is 2.12. The van der Waals surface area contributed by atoms with Crippen LogP contribution in [0, 0.1) is 15.9 Å². The van der Waals surface area contributed by atoms with Gasteiger partial charge in [-0.2, -0.15) is 9.78 Å². The van der Waals surface area contributed by atoms with Gasteiger partial charge in [-0.25, -0.2) is 4.39 Å². The zero-order chi connectivity index (χ0) is 18.5. The zero-order valence-corrected chi connectivity index (χ0v) is 13.6. The number of rotatable bonds is 7. The van der Waals surface area contributed by atoms with Gasteiger partial charge in [0.05, 0.1) is 30.5 Å². The number of hydrogen-bond acceptors (Lipinski definition) is 5. The fraction of sp³-hybridized carbons (Fsp3) is 0.188. The first-order valence-electron chi connectivity index (χ1n) is 7.75. The van der Waals surface area contributed by atoms with Crippen LogP contribution in [0.5, 0.6) is 0 Å². The highest BCUT2D eigenvalue weighted by Crippen LogP contribution is 2.09. The second-order valence-corrected chi connectivity index (χ2v) is 5.52. The Labute approximate surface area is 147 Å². The monoisotopic (exact) mass is 358 g/mol. The molecule has 0 aliphatic rings. The molecule has 0 saturated heterocycles. The van der Waals surface area contributed by atoms with Gasteiger partial charge in [-0.15, -0.1) is 0 Å². The van der Waals surface area contributed by atoms with Gasteiger partial charge in [0, 0.05) is 18.7 Å². The van der Waals surface area contributed by atoms with Crippen LogP contribution in [0.25, 0.3) is 0 Å². The average molecular weight is 358 g/mol. The van der Waals surface area contributed by atoms with Gasteiger partial charge in [0.2, 0.25) is 5.91 Å². The average Bonchev–Trinajstić information content (AvgIpc) is 3.25. The molecule has 0 spiro atoms. The van der Waals surface area contributed by atoms with E-state index < -0.39 is 4.92 Å². The number of aryl methyl sites for hydroxylation is 1. The number of hydrogen-bond donors (Lipinski definition) is 1. The van der Waals surface area contributed by atoms with Crippen molar-refractivity contribution in [1.82, 2.24) is 19.6 Å². The molecule has 1 amide bonds. The second-order valence-electron chi connectivity index (χ2n) is 5.52. The van der Waals surface area contributed by atoms with Crippen molar-refractivity contribution in [3.05, 3.63) is 70.3 Å². The minimum atomic E-state index is -0.593. The van der Waals surface area contributed by atoms with E-state index in [4.69, 9.17) is 0 Å². The highest BCUT2D eigenvalue weighted by molar-refractivity contribution is 5.89. The van der Waals surface area contributed by atoms with Crippen molar-refractivity contribution in [2.75, 3.05) is 5.32 Å². The molecule has 0 atom stereocenters. The van der Waals surface area contributed by atoms with Crippen molar-refractivity contribution in [2.45, 2.75) is 19.5 Å². The number of aromatic nitrogens is 4. The molecule has 1 N–H and O–H groups in total. The van der Waals surface area contributed by atoms with Gasteiger partial charge >= 0.3 is 5.82 Å². The molecule has 26 heavy (non-hydrogen) atoms. The number of nitrogens with zero attached hydrogens (tertiary/aromatic N) is 5. The summed E-state index contributed by atoms with van der Waals surface area (Å²) in [6.45, 7) is 0.670. The Morgan fingerprint density at radius 2 is 1.85 bits per heavy atom. The number of benzene rings is 1. The number of amides is 1. The summed E-state index contributed by atoms with van der Waals surface area (Å²) in [4.78, 5) is 21.9. The van der Waals surface area contributed by atoms with E-state index in [1.165, 1.54) is 29.1 Å². The van der Waals surface area contributed by atoms with Crippen LogP contribution in [-0.4, -0.2) is 30.4 Å². The molecule has 0 radical (unpaired) electrons. The van der Waals surface area contributed by atoms with Crippen LogP contribution in [0.4, 0.5) is 16.0 Å². The number of nitro groups is 1. The molecule has 0 aliphatic carbocycles. The van der Waals surface area contributed by atoms with Crippen LogP contribution in [-0.2, 0) is 17.9 Å². The Kier molecular flexibility index (Phi) is 5.02. The molecule has 0 fully saturated rings. The Balaban J connectivity index is 1.50. The van der Waals surface area contributed by atoms with E-state index in [-0.39, 0.29) is 30.5 Å². The summed E-state index contributed by atoms with van der Waals surface area (Å²) in [5, 5.41) is 21.2. The van der Waals surface area contributed by atoms with Crippen LogP contribution in [0.3, 0.4) is 0 Å². The van der Waals surface area contributed by atoms with Gasteiger partial charge in [-0.3, -0.25) is 9.48 Å². The molecule has 134 valence electrons. The number of anilines is 1. The summed E-state index contributed by atoms with van der Waals surface area (Å²) in [7, 11) is 0. The number of halogens is 1. The van der Waals surface area contributed by atoms with Gasteiger partial charge < -0.3 is 15.4 Å². The maximum absolute atomic E-state index is 12.9. The maximum Gasteiger partial charge on any atom is 0.389 e. The lowest BCUT2D eigenvalue weighted by Crippen LogP contribution is -2.15. The zero-order valence-electron chi connectivity index (χ0n) is 13.6. The summed E-state index contributed by atoms with van der Waals surface area (Å²) in [6, 6.07) is 9.01. The summed E-state index contributed by atoms with van der Waals surface area (Å²) in [5.74, 6) is -0.451. The molecule has 0 bridgehead atoms. The predicted octanol–water partition coefficient (Wildman–Crippen LogP) is 2.20. The summed E-state index contributed by atoms with van der Waals surface area (Å²) in [6.07, 6.45) is 3.25. The highest BCUT2D eigenvalue weighted by atomic mass is 19.1. The van der Waals surface area contributed by atoms with Crippen molar-refractivity contribution < 1.29 is 14.1 Å². The molecule has 10 heteroatoms.